The van der Waals surface area contributed by atoms with Crippen LogP contribution in [0.15, 0.2) is 22.7 Å². The number of halogens is 1. The zero-order chi connectivity index (χ0) is 15.1. The van der Waals surface area contributed by atoms with Crippen molar-refractivity contribution < 1.29 is 4.74 Å². The molecule has 0 unspecified atom stereocenters. The number of hydrogen-bond acceptors (Lipinski definition) is 2. The van der Waals surface area contributed by atoms with Crippen molar-refractivity contribution in [3.05, 3.63) is 33.8 Å². The van der Waals surface area contributed by atoms with Crippen LogP contribution < -0.4 is 5.32 Å². The van der Waals surface area contributed by atoms with E-state index >= 15 is 0 Å². The minimum absolute atomic E-state index is 0.457. The summed E-state index contributed by atoms with van der Waals surface area (Å²) in [5.74, 6) is 0.881. The maximum absolute atomic E-state index is 6.09. The van der Waals surface area contributed by atoms with Crippen molar-refractivity contribution in [2.24, 2.45) is 5.92 Å². The van der Waals surface area contributed by atoms with Crippen LogP contribution in [0.1, 0.15) is 57.1 Å². The Balaban J connectivity index is 1.80. The van der Waals surface area contributed by atoms with Gasteiger partial charge in [-0.1, -0.05) is 41.9 Å². The molecule has 0 radical (unpaired) electrons. The summed E-state index contributed by atoms with van der Waals surface area (Å²) in [4.78, 5) is 0. The molecule has 0 bridgehead atoms. The van der Waals surface area contributed by atoms with Crippen molar-refractivity contribution in [3.63, 3.8) is 0 Å². The molecule has 1 saturated carbocycles. The van der Waals surface area contributed by atoms with Gasteiger partial charge in [0, 0.05) is 11.0 Å². The number of ether oxygens (including phenoxy) is 1. The van der Waals surface area contributed by atoms with Gasteiger partial charge in [0.15, 0.2) is 0 Å². The minimum atomic E-state index is 0.457. The molecule has 0 spiro atoms. The monoisotopic (exact) mass is 353 g/mol. The van der Waals surface area contributed by atoms with Crippen molar-refractivity contribution in [2.45, 2.75) is 65.2 Å². The Bertz CT molecular complexity index is 427. The van der Waals surface area contributed by atoms with Gasteiger partial charge in [-0.05, 0) is 61.8 Å². The lowest BCUT2D eigenvalue weighted by molar-refractivity contribution is 0.00852. The fraction of sp³-hybridized carbons (Fsp3) is 0.667. The van der Waals surface area contributed by atoms with E-state index < -0.39 is 0 Å². The molecule has 0 aliphatic heterocycles. The average molecular weight is 354 g/mol. The normalized spacial score (nSPS) is 22.4. The number of hydrogen-bond donors (Lipinski definition) is 1. The first-order chi connectivity index (χ1) is 10.2. The highest BCUT2D eigenvalue weighted by molar-refractivity contribution is 9.10. The molecular weight excluding hydrogens is 326 g/mol. The molecule has 21 heavy (non-hydrogen) atoms. The van der Waals surface area contributed by atoms with E-state index in [4.69, 9.17) is 4.74 Å². The predicted octanol–water partition coefficient (Wildman–Crippen LogP) is 5.04. The summed E-state index contributed by atoms with van der Waals surface area (Å²) in [6, 6.07) is 6.61. The Morgan fingerprint density at radius 2 is 2.00 bits per heavy atom. The largest absolute Gasteiger partial charge is 0.374 e. The average Bonchev–Trinajstić information content (AvgIpc) is 2.48. The van der Waals surface area contributed by atoms with Crippen LogP contribution in [0.3, 0.4) is 0 Å². The SMILES string of the molecule is CCCNCc1ccc(COC2CCC(C)CC2)c(Br)c1. The maximum Gasteiger partial charge on any atom is 0.0731 e. The lowest BCUT2D eigenvalue weighted by Crippen LogP contribution is -2.20. The quantitative estimate of drug-likeness (QED) is 0.693. The van der Waals surface area contributed by atoms with Crippen LogP contribution in [0, 0.1) is 5.92 Å². The summed E-state index contributed by atoms with van der Waals surface area (Å²) in [5.41, 5.74) is 2.58. The van der Waals surface area contributed by atoms with E-state index in [0.717, 1.165) is 25.6 Å². The first-order valence-electron chi connectivity index (χ1n) is 8.28. The molecule has 1 aromatic carbocycles. The van der Waals surface area contributed by atoms with E-state index in [1.165, 1.54) is 47.7 Å². The molecule has 3 heteroatoms. The van der Waals surface area contributed by atoms with Gasteiger partial charge in [-0.3, -0.25) is 0 Å². The fourth-order valence-corrected chi connectivity index (χ4v) is 3.37. The van der Waals surface area contributed by atoms with Gasteiger partial charge >= 0.3 is 0 Å². The Morgan fingerprint density at radius 1 is 1.24 bits per heavy atom. The van der Waals surface area contributed by atoms with Crippen molar-refractivity contribution in [2.75, 3.05) is 6.54 Å². The Morgan fingerprint density at radius 3 is 2.67 bits per heavy atom. The van der Waals surface area contributed by atoms with Gasteiger partial charge in [-0.25, -0.2) is 0 Å². The lowest BCUT2D eigenvalue weighted by Gasteiger charge is -2.26. The van der Waals surface area contributed by atoms with Gasteiger partial charge in [-0.15, -0.1) is 0 Å². The maximum atomic E-state index is 6.09. The number of nitrogens with one attached hydrogen (secondary N) is 1. The van der Waals surface area contributed by atoms with Gasteiger partial charge < -0.3 is 10.1 Å². The first kappa shape index (κ1) is 17.0. The van der Waals surface area contributed by atoms with Crippen LogP contribution in [0.5, 0.6) is 0 Å². The van der Waals surface area contributed by atoms with Crippen LogP contribution >= 0.6 is 15.9 Å². The number of rotatable bonds is 7. The molecule has 118 valence electrons. The third-order valence-corrected chi connectivity index (χ3v) is 5.05. The third-order valence-electron chi connectivity index (χ3n) is 4.31. The first-order valence-corrected chi connectivity index (χ1v) is 9.08. The zero-order valence-corrected chi connectivity index (χ0v) is 14.9. The van der Waals surface area contributed by atoms with Crippen molar-refractivity contribution >= 4 is 15.9 Å². The van der Waals surface area contributed by atoms with E-state index in [2.05, 4.69) is 53.3 Å². The molecule has 1 N–H and O–H groups in total. The van der Waals surface area contributed by atoms with Gasteiger partial charge in [0.25, 0.3) is 0 Å². The summed E-state index contributed by atoms with van der Waals surface area (Å²) in [7, 11) is 0. The van der Waals surface area contributed by atoms with Crippen LogP contribution in [0.2, 0.25) is 0 Å². The zero-order valence-electron chi connectivity index (χ0n) is 13.3. The third kappa shape index (κ3) is 5.72. The smallest absolute Gasteiger partial charge is 0.0731 e. The Hall–Kier alpha value is -0.380. The fourth-order valence-electron chi connectivity index (χ4n) is 2.83. The molecule has 1 aromatic rings. The van der Waals surface area contributed by atoms with E-state index in [0.29, 0.717) is 6.10 Å². The molecule has 1 aliphatic rings. The summed E-state index contributed by atoms with van der Waals surface area (Å²) >= 11 is 3.68. The minimum Gasteiger partial charge on any atom is -0.374 e. The van der Waals surface area contributed by atoms with Crippen LogP contribution in [0.25, 0.3) is 0 Å². The summed E-state index contributed by atoms with van der Waals surface area (Å²) in [6.45, 7) is 7.27. The van der Waals surface area contributed by atoms with Crippen LogP contribution in [-0.2, 0) is 17.9 Å². The number of benzene rings is 1. The molecule has 0 atom stereocenters. The van der Waals surface area contributed by atoms with E-state index in [-0.39, 0.29) is 0 Å². The molecule has 0 saturated heterocycles. The summed E-state index contributed by atoms with van der Waals surface area (Å²) < 4.78 is 7.26. The van der Waals surface area contributed by atoms with E-state index in [9.17, 15) is 0 Å². The van der Waals surface area contributed by atoms with E-state index in [1.807, 2.05) is 0 Å². The Labute approximate surface area is 137 Å². The summed E-state index contributed by atoms with van der Waals surface area (Å²) in [5, 5.41) is 3.43. The molecule has 0 amide bonds. The van der Waals surface area contributed by atoms with Crippen LogP contribution in [-0.4, -0.2) is 12.6 Å². The molecular formula is C18H28BrNO. The molecule has 1 fully saturated rings. The van der Waals surface area contributed by atoms with Gasteiger partial charge in [0.05, 0.1) is 12.7 Å². The molecule has 0 heterocycles. The van der Waals surface area contributed by atoms with Gasteiger partial charge in [0.2, 0.25) is 0 Å². The molecule has 0 aromatic heterocycles. The standard InChI is InChI=1S/C18H28BrNO/c1-3-10-20-12-15-6-7-16(18(19)11-15)13-21-17-8-4-14(2)5-9-17/h6-7,11,14,17,20H,3-5,8-10,12-13H2,1-2H3. The second kappa shape index (κ2) is 8.92. The molecule has 2 rings (SSSR count). The van der Waals surface area contributed by atoms with Gasteiger partial charge in [0.1, 0.15) is 0 Å². The van der Waals surface area contributed by atoms with E-state index in [1.54, 1.807) is 0 Å². The second-order valence-corrected chi connectivity index (χ2v) is 7.15. The van der Waals surface area contributed by atoms with Crippen LogP contribution in [0.4, 0.5) is 0 Å². The Kier molecular flexibility index (Phi) is 7.21. The van der Waals surface area contributed by atoms with Crippen molar-refractivity contribution in [1.82, 2.24) is 5.32 Å². The molecule has 1 aliphatic carbocycles. The van der Waals surface area contributed by atoms with Crippen molar-refractivity contribution in [1.29, 1.82) is 0 Å². The lowest BCUT2D eigenvalue weighted by atomic mass is 9.89. The van der Waals surface area contributed by atoms with Crippen molar-refractivity contribution in [3.8, 4) is 0 Å². The highest BCUT2D eigenvalue weighted by Crippen LogP contribution is 2.27. The highest BCUT2D eigenvalue weighted by atomic mass is 79.9. The summed E-state index contributed by atoms with van der Waals surface area (Å²) in [6.07, 6.45) is 6.70. The topological polar surface area (TPSA) is 21.3 Å². The highest BCUT2D eigenvalue weighted by Gasteiger charge is 2.18. The predicted molar refractivity (Wildman–Crippen MR) is 92.3 cm³/mol. The molecule has 2 nitrogen and oxygen atoms in total. The second-order valence-electron chi connectivity index (χ2n) is 6.30. The van der Waals surface area contributed by atoms with Gasteiger partial charge in [-0.2, -0.15) is 0 Å².